The lowest BCUT2D eigenvalue weighted by atomic mass is 10.1. The number of hydrogen-bond donors (Lipinski definition) is 0. The molecule has 2 aromatic rings. The highest BCUT2D eigenvalue weighted by Gasteiger charge is 2.26. The van der Waals surface area contributed by atoms with Crippen LogP contribution >= 0.6 is 11.8 Å². The monoisotopic (exact) mass is 342 g/mol. The first kappa shape index (κ1) is 16.8. The fraction of sp³-hybridized carbons (Fsp3) is 0.368. The topological polar surface area (TPSA) is 42.4 Å². The number of hydrogen-bond acceptors (Lipinski definition) is 4. The molecule has 0 bridgehead atoms. The molecular formula is C19H22N2O2S. The largest absolute Gasteiger partial charge is 0.480 e. The molecule has 0 radical (unpaired) electrons. The molecule has 0 spiro atoms. The molecule has 1 aromatic carbocycles. The van der Waals surface area contributed by atoms with Crippen molar-refractivity contribution in [2.24, 2.45) is 0 Å². The van der Waals surface area contributed by atoms with Crippen LogP contribution in [-0.4, -0.2) is 41.2 Å². The average Bonchev–Trinajstić information content (AvgIpc) is 2.63. The number of methoxy groups -OCH3 is 1. The van der Waals surface area contributed by atoms with Gasteiger partial charge in [-0.05, 0) is 43.5 Å². The molecule has 0 aliphatic carbocycles. The molecule has 1 fully saturated rings. The number of thioether (sulfide) groups is 1. The normalized spacial score (nSPS) is 15.3. The van der Waals surface area contributed by atoms with Crippen LogP contribution in [0, 0.1) is 6.92 Å². The van der Waals surface area contributed by atoms with Gasteiger partial charge >= 0.3 is 0 Å². The summed E-state index contributed by atoms with van der Waals surface area (Å²) in [5.74, 6) is 0.415. The Bertz CT molecular complexity index is 712. The summed E-state index contributed by atoms with van der Waals surface area (Å²) in [7, 11) is 1.55. The van der Waals surface area contributed by atoms with Crippen molar-refractivity contribution in [1.29, 1.82) is 0 Å². The van der Waals surface area contributed by atoms with E-state index in [0.29, 0.717) is 16.7 Å². The summed E-state index contributed by atoms with van der Waals surface area (Å²) in [4.78, 5) is 20.1. The zero-order chi connectivity index (χ0) is 16.9. The van der Waals surface area contributed by atoms with E-state index in [-0.39, 0.29) is 5.91 Å². The second-order valence-electron chi connectivity index (χ2n) is 5.94. The average molecular weight is 342 g/mol. The fourth-order valence-electron chi connectivity index (χ4n) is 2.93. The van der Waals surface area contributed by atoms with Crippen LogP contribution in [0.1, 0.15) is 28.8 Å². The van der Waals surface area contributed by atoms with Crippen molar-refractivity contribution in [3.05, 3.63) is 53.7 Å². The van der Waals surface area contributed by atoms with Gasteiger partial charge in [-0.1, -0.05) is 18.2 Å². The Kier molecular flexibility index (Phi) is 5.41. The van der Waals surface area contributed by atoms with Gasteiger partial charge in [0, 0.05) is 29.4 Å². The number of ether oxygens (including phenoxy) is 1. The van der Waals surface area contributed by atoms with Crippen molar-refractivity contribution in [3.8, 4) is 5.88 Å². The predicted octanol–water partition coefficient (Wildman–Crippen LogP) is 3.80. The number of aryl methyl sites for hydroxylation is 1. The first-order chi connectivity index (χ1) is 11.7. The SMILES string of the molecule is COc1ncccc1C(=O)N1CCC(Sc2ccccc2C)CC1. The van der Waals surface area contributed by atoms with Crippen LogP contribution in [0.25, 0.3) is 0 Å². The Labute approximate surface area is 147 Å². The Morgan fingerprint density at radius 3 is 2.67 bits per heavy atom. The van der Waals surface area contributed by atoms with Gasteiger partial charge in [0.25, 0.3) is 5.91 Å². The first-order valence-corrected chi connectivity index (χ1v) is 9.07. The van der Waals surface area contributed by atoms with Gasteiger partial charge in [0.2, 0.25) is 5.88 Å². The van der Waals surface area contributed by atoms with Crippen molar-refractivity contribution in [3.63, 3.8) is 0 Å². The van der Waals surface area contributed by atoms with Crippen molar-refractivity contribution < 1.29 is 9.53 Å². The van der Waals surface area contributed by atoms with Gasteiger partial charge in [0.05, 0.1) is 7.11 Å². The van der Waals surface area contributed by atoms with Gasteiger partial charge in [-0.3, -0.25) is 4.79 Å². The molecule has 1 saturated heterocycles. The molecule has 4 nitrogen and oxygen atoms in total. The number of likely N-dealkylation sites (tertiary alicyclic amines) is 1. The number of piperidine rings is 1. The van der Waals surface area contributed by atoms with Crippen LogP contribution in [0.15, 0.2) is 47.5 Å². The molecule has 0 atom stereocenters. The summed E-state index contributed by atoms with van der Waals surface area (Å²) in [5, 5.41) is 0.561. The molecule has 5 heteroatoms. The molecule has 0 N–H and O–H groups in total. The number of nitrogens with zero attached hydrogens (tertiary/aromatic N) is 2. The van der Waals surface area contributed by atoms with E-state index in [1.807, 2.05) is 16.7 Å². The van der Waals surface area contributed by atoms with Crippen LogP contribution in [0.4, 0.5) is 0 Å². The maximum Gasteiger partial charge on any atom is 0.259 e. The van der Waals surface area contributed by atoms with E-state index in [9.17, 15) is 4.79 Å². The number of carbonyl (C=O) groups excluding carboxylic acids is 1. The highest BCUT2D eigenvalue weighted by Crippen LogP contribution is 2.32. The van der Waals surface area contributed by atoms with Crippen LogP contribution < -0.4 is 4.74 Å². The summed E-state index contributed by atoms with van der Waals surface area (Å²) < 4.78 is 5.21. The number of pyridine rings is 1. The van der Waals surface area contributed by atoms with Gasteiger partial charge < -0.3 is 9.64 Å². The maximum atomic E-state index is 12.7. The van der Waals surface area contributed by atoms with Crippen molar-refractivity contribution >= 4 is 17.7 Å². The third kappa shape index (κ3) is 3.73. The lowest BCUT2D eigenvalue weighted by Crippen LogP contribution is -2.39. The highest BCUT2D eigenvalue weighted by molar-refractivity contribution is 8.00. The molecular weight excluding hydrogens is 320 g/mol. The van der Waals surface area contributed by atoms with Gasteiger partial charge in [0.1, 0.15) is 5.56 Å². The molecule has 2 heterocycles. The van der Waals surface area contributed by atoms with Crippen LogP contribution in [0.5, 0.6) is 5.88 Å². The molecule has 1 aliphatic heterocycles. The van der Waals surface area contributed by atoms with Gasteiger partial charge in [0.15, 0.2) is 0 Å². The number of carbonyl (C=O) groups is 1. The molecule has 126 valence electrons. The lowest BCUT2D eigenvalue weighted by Gasteiger charge is -2.32. The summed E-state index contributed by atoms with van der Waals surface area (Å²) in [6.07, 6.45) is 3.65. The highest BCUT2D eigenvalue weighted by atomic mass is 32.2. The fourth-order valence-corrected chi connectivity index (χ4v) is 4.15. The number of aromatic nitrogens is 1. The summed E-state index contributed by atoms with van der Waals surface area (Å²) in [5.41, 5.74) is 1.87. The Hall–Kier alpha value is -2.01. The van der Waals surface area contributed by atoms with Gasteiger partial charge in [-0.15, -0.1) is 11.8 Å². The summed E-state index contributed by atoms with van der Waals surface area (Å²) >= 11 is 1.93. The number of rotatable bonds is 4. The minimum absolute atomic E-state index is 0.0132. The smallest absolute Gasteiger partial charge is 0.259 e. The van der Waals surface area contributed by atoms with Gasteiger partial charge in [-0.25, -0.2) is 4.98 Å². The quantitative estimate of drug-likeness (QED) is 0.848. The van der Waals surface area contributed by atoms with Crippen molar-refractivity contribution in [2.75, 3.05) is 20.2 Å². The number of amides is 1. The van der Waals surface area contributed by atoms with E-state index in [0.717, 1.165) is 25.9 Å². The van der Waals surface area contributed by atoms with Crippen LogP contribution in [-0.2, 0) is 0 Å². The van der Waals surface area contributed by atoms with E-state index in [2.05, 4.69) is 36.2 Å². The minimum atomic E-state index is 0.0132. The van der Waals surface area contributed by atoms with E-state index >= 15 is 0 Å². The van der Waals surface area contributed by atoms with Crippen LogP contribution in [0.2, 0.25) is 0 Å². The Balaban J connectivity index is 1.61. The van der Waals surface area contributed by atoms with E-state index in [1.165, 1.54) is 10.5 Å². The number of benzene rings is 1. The molecule has 0 unspecified atom stereocenters. The molecule has 1 aromatic heterocycles. The second-order valence-corrected chi connectivity index (χ2v) is 7.28. The first-order valence-electron chi connectivity index (χ1n) is 8.19. The minimum Gasteiger partial charge on any atom is -0.480 e. The molecule has 1 amide bonds. The molecule has 3 rings (SSSR count). The lowest BCUT2D eigenvalue weighted by molar-refractivity contribution is 0.0723. The third-order valence-electron chi connectivity index (χ3n) is 4.31. The summed E-state index contributed by atoms with van der Waals surface area (Å²) in [6, 6.07) is 12.0. The third-order valence-corrected chi connectivity index (χ3v) is 5.83. The van der Waals surface area contributed by atoms with Crippen molar-refractivity contribution in [2.45, 2.75) is 29.9 Å². The van der Waals surface area contributed by atoms with E-state index < -0.39 is 0 Å². The van der Waals surface area contributed by atoms with Gasteiger partial charge in [-0.2, -0.15) is 0 Å². The zero-order valence-corrected chi connectivity index (χ0v) is 14.9. The molecule has 0 saturated carbocycles. The second kappa shape index (κ2) is 7.71. The maximum absolute atomic E-state index is 12.7. The zero-order valence-electron chi connectivity index (χ0n) is 14.1. The van der Waals surface area contributed by atoms with Crippen LogP contribution in [0.3, 0.4) is 0 Å². The van der Waals surface area contributed by atoms with E-state index in [4.69, 9.17) is 4.74 Å². The van der Waals surface area contributed by atoms with Crippen molar-refractivity contribution in [1.82, 2.24) is 9.88 Å². The Morgan fingerprint density at radius 2 is 1.96 bits per heavy atom. The standard InChI is InChI=1S/C19H22N2O2S/c1-14-6-3-4-8-17(14)24-15-9-12-21(13-10-15)19(22)16-7-5-11-20-18(16)23-2/h3-8,11,15H,9-10,12-13H2,1-2H3. The predicted molar refractivity (Wildman–Crippen MR) is 96.8 cm³/mol. The Morgan fingerprint density at radius 1 is 1.21 bits per heavy atom. The molecule has 24 heavy (non-hydrogen) atoms. The molecule has 1 aliphatic rings. The van der Waals surface area contributed by atoms with E-state index in [1.54, 1.807) is 25.4 Å². The summed E-state index contributed by atoms with van der Waals surface area (Å²) in [6.45, 7) is 3.70.